The zero-order valence-electron chi connectivity index (χ0n) is 11.5. The Hall–Kier alpha value is 0.293. The zero-order chi connectivity index (χ0) is 12.6. The summed E-state index contributed by atoms with van der Waals surface area (Å²) in [5, 5.41) is 0. The van der Waals surface area contributed by atoms with Crippen LogP contribution < -0.4 is 24.8 Å². The molecule has 0 aromatic rings. The molecule has 0 spiro atoms. The number of rotatable bonds is 0. The minimum Gasteiger partial charge on any atom is -1.00 e. The molecule has 0 heterocycles. The van der Waals surface area contributed by atoms with Gasteiger partial charge in [0.2, 0.25) is 0 Å². The van der Waals surface area contributed by atoms with Crippen molar-refractivity contribution in [3.8, 4) is 0 Å². The van der Waals surface area contributed by atoms with Crippen LogP contribution in [0.15, 0.2) is 34.9 Å². The largest absolute Gasteiger partial charge is 1.00 e. The summed E-state index contributed by atoms with van der Waals surface area (Å²) in [6.07, 6.45) is 13.8. The fourth-order valence-electron chi connectivity index (χ4n) is 1.50. The third-order valence-corrected chi connectivity index (χ3v) is 2.41. The van der Waals surface area contributed by atoms with Gasteiger partial charge >= 0.3 is 28.4 Å². The van der Waals surface area contributed by atoms with Gasteiger partial charge in [0.15, 0.2) is 0 Å². The van der Waals surface area contributed by atoms with Crippen molar-refractivity contribution < 1.29 is 49.0 Å². The van der Waals surface area contributed by atoms with Crippen molar-refractivity contribution >= 4 is 4.21 Å². The molecule has 1 unspecified atom stereocenters. The molecule has 0 aromatic carbocycles. The van der Waals surface area contributed by atoms with E-state index in [9.17, 15) is 0 Å². The molecule has 0 saturated heterocycles. The van der Waals surface area contributed by atoms with Gasteiger partial charge in [0.25, 0.3) is 0 Å². The normalized spacial score (nSPS) is 18.8. The van der Waals surface area contributed by atoms with Gasteiger partial charge in [-0.15, -0.1) is 20.3 Å². The third kappa shape index (κ3) is 10.2. The van der Waals surface area contributed by atoms with E-state index in [1.165, 1.54) is 41.0 Å². The van der Waals surface area contributed by atoms with Crippen molar-refractivity contribution in [2.75, 3.05) is 0 Å². The van der Waals surface area contributed by atoms with E-state index in [4.69, 9.17) is 0 Å². The van der Waals surface area contributed by atoms with Gasteiger partial charge in [-0.1, -0.05) is 19.8 Å². The first-order chi connectivity index (χ1) is 7.59. The SMILES string of the molecule is CC1=CC[C-]=C1.CC1=[C-]C(C)C=C1C.[CH2]=[Zr+2].[Cl-].[Cl-]. The average Bonchev–Trinajstić information content (AvgIpc) is 2.82. The first-order valence-electron chi connectivity index (χ1n) is 5.47. The molecule has 0 bridgehead atoms. The molecular weight excluding hydrogens is 342 g/mol. The topological polar surface area (TPSA) is 0 Å². The Balaban J connectivity index is -0.000000204. The fraction of sp³-hybridized carbons (Fsp3) is 0.400. The molecule has 2 rings (SSSR count). The summed E-state index contributed by atoms with van der Waals surface area (Å²) in [6, 6.07) is 0. The Bertz CT molecular complexity index is 318. The Morgan fingerprint density at radius 1 is 1.22 bits per heavy atom. The van der Waals surface area contributed by atoms with E-state index in [-0.39, 0.29) is 24.8 Å². The maximum Gasteiger partial charge on any atom is -1.00 e. The van der Waals surface area contributed by atoms with E-state index >= 15 is 0 Å². The van der Waals surface area contributed by atoms with Crippen LogP contribution in [0.25, 0.3) is 0 Å². The zero-order valence-corrected chi connectivity index (χ0v) is 15.4. The van der Waals surface area contributed by atoms with Gasteiger partial charge in [0, 0.05) is 0 Å². The number of hydrogen-bond donors (Lipinski definition) is 0. The van der Waals surface area contributed by atoms with Crippen LogP contribution in [0, 0.1) is 18.1 Å². The fourth-order valence-corrected chi connectivity index (χ4v) is 1.50. The van der Waals surface area contributed by atoms with E-state index < -0.39 is 0 Å². The second kappa shape index (κ2) is 13.7. The molecule has 0 amide bonds. The van der Waals surface area contributed by atoms with Crippen molar-refractivity contribution in [2.45, 2.75) is 34.1 Å². The molecule has 0 saturated carbocycles. The molecule has 3 heteroatoms. The Labute approximate surface area is 139 Å². The van der Waals surface area contributed by atoms with Crippen LogP contribution in [0.1, 0.15) is 34.1 Å². The van der Waals surface area contributed by atoms with E-state index in [1.807, 2.05) is 6.08 Å². The molecule has 0 radical (unpaired) electrons. The molecule has 0 aliphatic heterocycles. The van der Waals surface area contributed by atoms with Crippen molar-refractivity contribution in [3.05, 3.63) is 47.1 Å². The van der Waals surface area contributed by atoms with Gasteiger partial charge < -0.3 is 24.8 Å². The molecule has 0 N–H and O–H groups in total. The summed E-state index contributed by atoms with van der Waals surface area (Å²) in [5.74, 6) is 0.551. The summed E-state index contributed by atoms with van der Waals surface area (Å²) in [5.41, 5.74) is 4.05. The maximum atomic E-state index is 3.34. The van der Waals surface area contributed by atoms with Crippen molar-refractivity contribution in [1.29, 1.82) is 0 Å². The number of halogens is 2. The first-order valence-corrected chi connectivity index (χ1v) is 7.21. The summed E-state index contributed by atoms with van der Waals surface area (Å²) in [7, 11) is 0. The van der Waals surface area contributed by atoms with Crippen molar-refractivity contribution in [1.82, 2.24) is 0 Å². The molecular formula is C15H20Cl2Zr-2. The molecule has 0 aromatic heterocycles. The summed E-state index contributed by atoms with van der Waals surface area (Å²) in [6.45, 7) is 8.47. The minimum absolute atomic E-state index is 0. The molecule has 100 valence electrons. The number of allylic oxidation sites excluding steroid dienone is 8. The molecule has 18 heavy (non-hydrogen) atoms. The smallest absolute Gasteiger partial charge is 1.00 e. The Morgan fingerprint density at radius 3 is 1.89 bits per heavy atom. The predicted octanol–water partition coefficient (Wildman–Crippen LogP) is -2.00. The van der Waals surface area contributed by atoms with Crippen LogP contribution in [0.3, 0.4) is 0 Å². The van der Waals surface area contributed by atoms with Gasteiger partial charge in [-0.05, 0) is 0 Å². The van der Waals surface area contributed by atoms with E-state index in [0.29, 0.717) is 5.92 Å². The summed E-state index contributed by atoms with van der Waals surface area (Å²) in [4.78, 5) is 0. The Kier molecular flexibility index (Phi) is 17.8. The molecule has 0 fully saturated rings. The monoisotopic (exact) mass is 360 g/mol. The summed E-state index contributed by atoms with van der Waals surface area (Å²) < 4.78 is 3.34. The molecule has 1 atom stereocenters. The van der Waals surface area contributed by atoms with Crippen LogP contribution in [0.2, 0.25) is 0 Å². The van der Waals surface area contributed by atoms with Crippen LogP contribution in [-0.2, 0) is 24.2 Å². The Morgan fingerprint density at radius 2 is 1.78 bits per heavy atom. The predicted molar refractivity (Wildman–Crippen MR) is 68.7 cm³/mol. The average molecular weight is 362 g/mol. The van der Waals surface area contributed by atoms with Crippen molar-refractivity contribution in [3.63, 3.8) is 0 Å². The minimum atomic E-state index is 0. The van der Waals surface area contributed by atoms with Gasteiger partial charge in [0.1, 0.15) is 0 Å². The first kappa shape index (κ1) is 23.4. The molecule has 2 aliphatic carbocycles. The standard InChI is InChI=1S/C8H11.C6H7.CH2.2ClH.Zr/c1-6-4-7(2)8(3)5-6;1-6-4-2-3-5-6;;;;/h4,6H,1-3H3;4-5H,2H2,1H3;1H2;2*1H;/q2*-1;;;;+2/p-2. The third-order valence-electron chi connectivity index (χ3n) is 2.41. The van der Waals surface area contributed by atoms with Gasteiger partial charge in [-0.25, -0.2) is 22.8 Å². The van der Waals surface area contributed by atoms with Crippen LogP contribution in [-0.4, -0.2) is 4.21 Å². The van der Waals surface area contributed by atoms with Crippen LogP contribution in [0.5, 0.6) is 0 Å². The van der Waals surface area contributed by atoms with Crippen LogP contribution in [0.4, 0.5) is 0 Å². The van der Waals surface area contributed by atoms with E-state index in [2.05, 4.69) is 56.2 Å². The van der Waals surface area contributed by atoms with Gasteiger partial charge in [0.05, 0.1) is 0 Å². The molecule has 0 nitrogen and oxygen atoms in total. The molecule has 2 aliphatic rings. The second-order valence-electron chi connectivity index (χ2n) is 3.91. The second-order valence-corrected chi connectivity index (χ2v) is 3.91. The van der Waals surface area contributed by atoms with Crippen molar-refractivity contribution in [2.24, 2.45) is 5.92 Å². The van der Waals surface area contributed by atoms with Gasteiger partial charge in [-0.3, -0.25) is 12.2 Å². The van der Waals surface area contributed by atoms with Crippen LogP contribution >= 0.6 is 0 Å². The summed E-state index contributed by atoms with van der Waals surface area (Å²) >= 11 is 1.30. The van der Waals surface area contributed by atoms with E-state index in [0.717, 1.165) is 6.42 Å². The van der Waals surface area contributed by atoms with Gasteiger partial charge in [-0.2, -0.15) is 12.2 Å². The quantitative estimate of drug-likeness (QED) is 0.438. The van der Waals surface area contributed by atoms with E-state index in [1.54, 1.807) is 0 Å². The maximum absolute atomic E-state index is 3.34. The number of hydrogen-bond acceptors (Lipinski definition) is 0.